The lowest BCUT2D eigenvalue weighted by molar-refractivity contribution is -0.139. The van der Waals surface area contributed by atoms with E-state index in [4.69, 9.17) is 9.47 Å². The smallest absolute Gasteiger partial charge is 0.419 e. The molecule has 34 heavy (non-hydrogen) atoms. The Kier molecular flexibility index (Phi) is 6.79. The molecule has 0 heterocycles. The van der Waals surface area contributed by atoms with Gasteiger partial charge in [-0.3, -0.25) is 0 Å². The molecule has 1 aliphatic carbocycles. The van der Waals surface area contributed by atoms with Crippen LogP contribution in [0.15, 0.2) is 72.8 Å². The molecule has 3 aromatic rings. The Morgan fingerprint density at radius 1 is 0.971 bits per heavy atom. The van der Waals surface area contributed by atoms with Crippen molar-refractivity contribution in [1.29, 1.82) is 0 Å². The Morgan fingerprint density at radius 3 is 2.15 bits per heavy atom. The lowest BCUT2D eigenvalue weighted by Crippen LogP contribution is -2.37. The van der Waals surface area contributed by atoms with Crippen LogP contribution in [0.3, 0.4) is 0 Å². The van der Waals surface area contributed by atoms with Gasteiger partial charge in [0.1, 0.15) is 25.1 Å². The number of likely N-dealkylation sites (N-methyl/N-ethyl adjacent to an activating group) is 1. The Hall–Kier alpha value is -3.52. The number of rotatable bonds is 7. The Morgan fingerprint density at radius 2 is 1.53 bits per heavy atom. The van der Waals surface area contributed by atoms with Crippen molar-refractivity contribution in [1.82, 2.24) is 4.90 Å². The molecule has 1 atom stereocenters. The minimum Gasteiger partial charge on any atom is -0.490 e. The molecule has 1 unspecified atom stereocenters. The van der Waals surface area contributed by atoms with Crippen LogP contribution in [0.1, 0.15) is 22.6 Å². The highest BCUT2D eigenvalue weighted by Crippen LogP contribution is 2.44. The van der Waals surface area contributed by atoms with Gasteiger partial charge >= 0.3 is 12.3 Å². The second-order valence-electron chi connectivity index (χ2n) is 8.14. The molecule has 0 saturated carbocycles. The fourth-order valence-electron chi connectivity index (χ4n) is 4.16. The van der Waals surface area contributed by atoms with E-state index in [0.717, 1.165) is 28.3 Å². The highest BCUT2D eigenvalue weighted by molar-refractivity contribution is 5.79. The van der Waals surface area contributed by atoms with Crippen molar-refractivity contribution in [2.45, 2.75) is 18.2 Å². The molecule has 1 N–H and O–H groups in total. The van der Waals surface area contributed by atoms with E-state index >= 15 is 0 Å². The second kappa shape index (κ2) is 9.77. The zero-order chi connectivity index (χ0) is 24.3. The molecule has 178 valence electrons. The summed E-state index contributed by atoms with van der Waals surface area (Å²) in [7, 11) is 1.45. The van der Waals surface area contributed by atoms with Gasteiger partial charge in [0.15, 0.2) is 0 Å². The van der Waals surface area contributed by atoms with Crippen molar-refractivity contribution in [3.05, 3.63) is 89.5 Å². The highest BCUT2D eigenvalue weighted by Gasteiger charge is 2.34. The molecule has 1 aliphatic rings. The van der Waals surface area contributed by atoms with E-state index in [0.29, 0.717) is 0 Å². The summed E-state index contributed by atoms with van der Waals surface area (Å²) in [5.74, 6) is -0.477. The molecule has 0 aromatic heterocycles. The third-order valence-corrected chi connectivity index (χ3v) is 5.76. The van der Waals surface area contributed by atoms with Gasteiger partial charge in [0.25, 0.3) is 0 Å². The Balaban J connectivity index is 1.32. The standard InChI is InChI=1S/C26H24F3NO4/c1-30(14-17(31)15-33-24-13-7-6-12-23(24)26(27,28)29)25(32)34-16-22-20-10-4-2-8-18(20)19-9-3-5-11-21(19)22/h2-13,17,22,31H,14-16H2,1H3. The minimum absolute atomic E-state index is 0.100. The van der Waals surface area contributed by atoms with Crippen molar-refractivity contribution >= 4 is 6.09 Å². The van der Waals surface area contributed by atoms with Crippen molar-refractivity contribution in [3.8, 4) is 16.9 Å². The first kappa shape index (κ1) is 23.6. The van der Waals surface area contributed by atoms with Gasteiger partial charge in [-0.15, -0.1) is 0 Å². The molecule has 1 amide bonds. The number of carbonyl (C=O) groups excluding carboxylic acids is 1. The normalized spacial score (nSPS) is 13.7. The van der Waals surface area contributed by atoms with Gasteiger partial charge in [-0.1, -0.05) is 60.7 Å². The number of alkyl halides is 3. The molecule has 0 aliphatic heterocycles. The van der Waals surface area contributed by atoms with Crippen LogP contribution in [0.2, 0.25) is 0 Å². The number of carbonyl (C=O) groups is 1. The molecule has 3 aromatic carbocycles. The maximum Gasteiger partial charge on any atom is 0.419 e. The number of ether oxygens (including phenoxy) is 2. The maximum absolute atomic E-state index is 13.1. The number of aliphatic hydroxyl groups excluding tert-OH is 1. The highest BCUT2D eigenvalue weighted by atomic mass is 19.4. The third kappa shape index (κ3) is 5.02. The SMILES string of the molecule is CN(CC(O)COc1ccccc1C(F)(F)F)C(=O)OCC1c2ccccc2-c2ccccc21. The fraction of sp³-hybridized carbons (Fsp3) is 0.269. The average molecular weight is 471 g/mol. The quantitative estimate of drug-likeness (QED) is 0.506. The van der Waals surface area contributed by atoms with Crippen molar-refractivity contribution < 1.29 is 32.5 Å². The van der Waals surface area contributed by atoms with Gasteiger partial charge in [-0.2, -0.15) is 13.2 Å². The van der Waals surface area contributed by atoms with E-state index in [-0.39, 0.29) is 24.8 Å². The number of hydrogen-bond acceptors (Lipinski definition) is 4. The summed E-state index contributed by atoms with van der Waals surface area (Å²) in [5.41, 5.74) is 3.46. The number of fused-ring (bicyclic) bond motifs is 3. The van der Waals surface area contributed by atoms with Crippen LogP contribution < -0.4 is 4.74 Å². The predicted molar refractivity (Wildman–Crippen MR) is 121 cm³/mol. The van der Waals surface area contributed by atoms with E-state index in [2.05, 4.69) is 0 Å². The van der Waals surface area contributed by atoms with Crippen LogP contribution in [0.5, 0.6) is 5.75 Å². The van der Waals surface area contributed by atoms with E-state index < -0.39 is 30.5 Å². The molecule has 4 rings (SSSR count). The van der Waals surface area contributed by atoms with Crippen LogP contribution in [-0.4, -0.2) is 49.0 Å². The lowest BCUT2D eigenvalue weighted by Gasteiger charge is -2.22. The van der Waals surface area contributed by atoms with Gasteiger partial charge in [-0.25, -0.2) is 4.79 Å². The summed E-state index contributed by atoms with van der Waals surface area (Å²) in [5, 5.41) is 10.2. The molecule has 0 fully saturated rings. The summed E-state index contributed by atoms with van der Waals surface area (Å²) in [6.45, 7) is -0.443. The minimum atomic E-state index is -4.57. The van der Waals surface area contributed by atoms with Crippen LogP contribution >= 0.6 is 0 Å². The number of halogens is 3. The van der Waals surface area contributed by atoms with E-state index in [1.807, 2.05) is 48.5 Å². The average Bonchev–Trinajstić information content (AvgIpc) is 3.14. The topological polar surface area (TPSA) is 59.0 Å². The first-order chi connectivity index (χ1) is 16.3. The number of benzene rings is 3. The fourth-order valence-corrected chi connectivity index (χ4v) is 4.16. The predicted octanol–water partition coefficient (Wildman–Crippen LogP) is 5.33. The van der Waals surface area contributed by atoms with Crippen molar-refractivity contribution in [3.63, 3.8) is 0 Å². The van der Waals surface area contributed by atoms with Crippen molar-refractivity contribution in [2.75, 3.05) is 26.8 Å². The number of nitrogens with zero attached hydrogens (tertiary/aromatic N) is 1. The van der Waals surface area contributed by atoms with Crippen LogP contribution in [0, 0.1) is 0 Å². The summed E-state index contributed by atoms with van der Waals surface area (Å²) in [6.07, 6.45) is -6.41. The van der Waals surface area contributed by atoms with Gasteiger partial charge < -0.3 is 19.5 Å². The van der Waals surface area contributed by atoms with Crippen molar-refractivity contribution in [2.24, 2.45) is 0 Å². The summed E-state index contributed by atoms with van der Waals surface area (Å²) in [4.78, 5) is 13.7. The summed E-state index contributed by atoms with van der Waals surface area (Å²) in [6, 6.07) is 20.7. The molecule has 0 saturated heterocycles. The summed E-state index contributed by atoms with van der Waals surface area (Å²) < 4.78 is 49.9. The van der Waals surface area contributed by atoms with E-state index in [9.17, 15) is 23.1 Å². The van der Waals surface area contributed by atoms with Gasteiger partial charge in [0.05, 0.1) is 12.1 Å². The van der Waals surface area contributed by atoms with Gasteiger partial charge in [0.2, 0.25) is 0 Å². The van der Waals surface area contributed by atoms with E-state index in [1.165, 1.54) is 30.1 Å². The Labute approximate surface area is 195 Å². The van der Waals surface area contributed by atoms with Crippen LogP contribution in [-0.2, 0) is 10.9 Å². The molecule has 5 nitrogen and oxygen atoms in total. The molecule has 0 spiro atoms. The van der Waals surface area contributed by atoms with E-state index in [1.54, 1.807) is 0 Å². The summed E-state index contributed by atoms with van der Waals surface area (Å²) >= 11 is 0. The Bertz CT molecular complexity index is 1120. The number of amides is 1. The lowest BCUT2D eigenvalue weighted by atomic mass is 9.98. The molecule has 8 heteroatoms. The first-order valence-electron chi connectivity index (χ1n) is 10.8. The zero-order valence-corrected chi connectivity index (χ0v) is 18.5. The first-order valence-corrected chi connectivity index (χ1v) is 10.8. The molecule has 0 bridgehead atoms. The second-order valence-corrected chi connectivity index (χ2v) is 8.14. The van der Waals surface area contributed by atoms with Crippen LogP contribution in [0.4, 0.5) is 18.0 Å². The third-order valence-electron chi connectivity index (χ3n) is 5.76. The number of aliphatic hydroxyl groups is 1. The largest absolute Gasteiger partial charge is 0.490 e. The van der Waals surface area contributed by atoms with Crippen LogP contribution in [0.25, 0.3) is 11.1 Å². The monoisotopic (exact) mass is 471 g/mol. The maximum atomic E-state index is 13.1. The zero-order valence-electron chi connectivity index (χ0n) is 18.5. The molecular weight excluding hydrogens is 447 g/mol. The number of para-hydroxylation sites is 1. The van der Waals surface area contributed by atoms with Gasteiger partial charge in [-0.05, 0) is 34.4 Å². The molecular formula is C26H24F3NO4. The number of hydrogen-bond donors (Lipinski definition) is 1. The van der Waals surface area contributed by atoms with Gasteiger partial charge in [0, 0.05) is 13.0 Å². The molecule has 0 radical (unpaired) electrons.